The van der Waals surface area contributed by atoms with Gasteiger partial charge in [0, 0.05) is 10.9 Å². The molecule has 0 spiro atoms. The van der Waals surface area contributed by atoms with Crippen molar-refractivity contribution >= 4 is 11.3 Å². The van der Waals surface area contributed by atoms with E-state index < -0.39 is 0 Å². The molecule has 0 fully saturated rings. The van der Waals surface area contributed by atoms with Crippen molar-refractivity contribution in [3.8, 4) is 0 Å². The summed E-state index contributed by atoms with van der Waals surface area (Å²) in [5, 5.41) is 2.06. The molecule has 0 bridgehead atoms. The maximum absolute atomic E-state index is 6.08. The average molecular weight is 227 g/mol. The first kappa shape index (κ1) is 12.7. The molecule has 86 valence electrons. The van der Waals surface area contributed by atoms with Crippen molar-refractivity contribution < 1.29 is 4.74 Å². The highest BCUT2D eigenvalue weighted by Crippen LogP contribution is 2.30. The standard InChI is InChI=1S/C12H21NOS/c1-5-12(3,4)14-11(9(2)13)10-7-6-8-15-10/h6-9,11H,5,13H2,1-4H3. The lowest BCUT2D eigenvalue weighted by Gasteiger charge is -2.31. The molecule has 2 atom stereocenters. The molecule has 0 aliphatic heterocycles. The molecule has 0 aliphatic carbocycles. The van der Waals surface area contributed by atoms with E-state index in [1.165, 1.54) is 4.88 Å². The summed E-state index contributed by atoms with van der Waals surface area (Å²) >= 11 is 1.71. The van der Waals surface area contributed by atoms with Gasteiger partial charge in [-0.3, -0.25) is 0 Å². The van der Waals surface area contributed by atoms with Crippen LogP contribution in [0.4, 0.5) is 0 Å². The van der Waals surface area contributed by atoms with E-state index in [-0.39, 0.29) is 17.7 Å². The van der Waals surface area contributed by atoms with Crippen LogP contribution in [0, 0.1) is 0 Å². The fourth-order valence-electron chi connectivity index (χ4n) is 1.30. The summed E-state index contributed by atoms with van der Waals surface area (Å²) in [6, 6.07) is 4.15. The molecule has 1 aromatic heterocycles. The van der Waals surface area contributed by atoms with Crippen LogP contribution in [-0.2, 0) is 4.74 Å². The lowest BCUT2D eigenvalue weighted by atomic mass is 10.0. The first-order chi connectivity index (χ1) is 6.96. The van der Waals surface area contributed by atoms with Crippen molar-refractivity contribution in [2.45, 2.75) is 51.9 Å². The number of rotatable bonds is 5. The fraction of sp³-hybridized carbons (Fsp3) is 0.667. The summed E-state index contributed by atoms with van der Waals surface area (Å²) < 4.78 is 6.08. The zero-order valence-electron chi connectivity index (χ0n) is 9.99. The van der Waals surface area contributed by atoms with E-state index in [0.717, 1.165) is 6.42 Å². The molecule has 3 heteroatoms. The Labute approximate surface area is 96.4 Å². The second-order valence-corrected chi connectivity index (χ2v) is 5.51. The van der Waals surface area contributed by atoms with Gasteiger partial charge in [-0.1, -0.05) is 13.0 Å². The third-order valence-electron chi connectivity index (χ3n) is 2.60. The molecule has 1 heterocycles. The quantitative estimate of drug-likeness (QED) is 0.837. The Balaban J connectivity index is 2.77. The number of ether oxygens (including phenoxy) is 1. The number of thiophene rings is 1. The van der Waals surface area contributed by atoms with E-state index in [4.69, 9.17) is 10.5 Å². The van der Waals surface area contributed by atoms with Gasteiger partial charge in [0.05, 0.1) is 5.60 Å². The maximum Gasteiger partial charge on any atom is 0.107 e. The van der Waals surface area contributed by atoms with Crippen molar-refractivity contribution in [1.29, 1.82) is 0 Å². The molecule has 2 unspecified atom stereocenters. The summed E-state index contributed by atoms with van der Waals surface area (Å²) in [5.41, 5.74) is 5.86. The minimum absolute atomic E-state index is 0.0138. The largest absolute Gasteiger partial charge is 0.365 e. The van der Waals surface area contributed by atoms with Gasteiger partial charge < -0.3 is 10.5 Å². The van der Waals surface area contributed by atoms with E-state index in [2.05, 4.69) is 32.2 Å². The predicted molar refractivity (Wildman–Crippen MR) is 66.2 cm³/mol. The van der Waals surface area contributed by atoms with Gasteiger partial charge >= 0.3 is 0 Å². The monoisotopic (exact) mass is 227 g/mol. The smallest absolute Gasteiger partial charge is 0.107 e. The van der Waals surface area contributed by atoms with Gasteiger partial charge in [-0.15, -0.1) is 11.3 Å². The molecular formula is C12H21NOS. The highest BCUT2D eigenvalue weighted by Gasteiger charge is 2.26. The van der Waals surface area contributed by atoms with Crippen LogP contribution in [0.15, 0.2) is 17.5 Å². The van der Waals surface area contributed by atoms with Crippen LogP contribution in [-0.4, -0.2) is 11.6 Å². The van der Waals surface area contributed by atoms with Crippen LogP contribution in [0.3, 0.4) is 0 Å². The summed E-state index contributed by atoms with van der Waals surface area (Å²) in [7, 11) is 0. The fourth-order valence-corrected chi connectivity index (χ4v) is 2.17. The Kier molecular flexibility index (Phi) is 4.32. The molecular weight excluding hydrogens is 206 g/mol. The highest BCUT2D eigenvalue weighted by atomic mass is 32.1. The van der Waals surface area contributed by atoms with Gasteiger partial charge in [-0.05, 0) is 38.6 Å². The molecule has 2 N–H and O–H groups in total. The molecule has 0 aliphatic rings. The summed E-state index contributed by atoms with van der Waals surface area (Å²) in [6.45, 7) is 8.34. The molecule has 2 nitrogen and oxygen atoms in total. The lowest BCUT2D eigenvalue weighted by Crippen LogP contribution is -2.34. The van der Waals surface area contributed by atoms with Crippen LogP contribution in [0.5, 0.6) is 0 Å². The van der Waals surface area contributed by atoms with E-state index in [9.17, 15) is 0 Å². The first-order valence-corrected chi connectivity index (χ1v) is 6.31. The summed E-state index contributed by atoms with van der Waals surface area (Å²) in [4.78, 5) is 1.21. The van der Waals surface area contributed by atoms with Crippen molar-refractivity contribution in [3.05, 3.63) is 22.4 Å². The lowest BCUT2D eigenvalue weighted by molar-refractivity contribution is -0.0818. The summed E-state index contributed by atoms with van der Waals surface area (Å²) in [6.07, 6.45) is 1.00. The Morgan fingerprint density at radius 3 is 2.60 bits per heavy atom. The molecule has 1 aromatic rings. The number of nitrogens with two attached hydrogens (primary N) is 1. The normalized spacial score (nSPS) is 16.3. The number of hydrogen-bond donors (Lipinski definition) is 1. The maximum atomic E-state index is 6.08. The van der Waals surface area contributed by atoms with Crippen molar-refractivity contribution in [1.82, 2.24) is 0 Å². The Bertz CT molecular complexity index is 280. The zero-order valence-corrected chi connectivity index (χ0v) is 10.8. The van der Waals surface area contributed by atoms with Gasteiger partial charge in [0.25, 0.3) is 0 Å². The number of hydrogen-bond acceptors (Lipinski definition) is 3. The second-order valence-electron chi connectivity index (χ2n) is 4.53. The molecule has 1 rings (SSSR count). The Morgan fingerprint density at radius 1 is 1.53 bits per heavy atom. The van der Waals surface area contributed by atoms with E-state index in [1.807, 2.05) is 13.0 Å². The minimum Gasteiger partial charge on any atom is -0.365 e. The predicted octanol–water partition coefficient (Wildman–Crippen LogP) is 3.34. The van der Waals surface area contributed by atoms with Crippen molar-refractivity contribution in [2.24, 2.45) is 5.73 Å². The van der Waals surface area contributed by atoms with E-state index >= 15 is 0 Å². The van der Waals surface area contributed by atoms with Crippen LogP contribution >= 0.6 is 11.3 Å². The third kappa shape index (κ3) is 3.59. The third-order valence-corrected chi connectivity index (χ3v) is 3.53. The van der Waals surface area contributed by atoms with Crippen molar-refractivity contribution in [2.75, 3.05) is 0 Å². The van der Waals surface area contributed by atoms with E-state index in [1.54, 1.807) is 11.3 Å². The van der Waals surface area contributed by atoms with Crippen LogP contribution in [0.1, 0.15) is 45.1 Å². The first-order valence-electron chi connectivity index (χ1n) is 5.43. The SMILES string of the molecule is CCC(C)(C)OC(c1cccs1)C(C)N. The van der Waals surface area contributed by atoms with Crippen LogP contribution < -0.4 is 5.73 Å². The van der Waals surface area contributed by atoms with Gasteiger partial charge in [-0.25, -0.2) is 0 Å². The second kappa shape index (κ2) is 5.10. The van der Waals surface area contributed by atoms with Gasteiger partial charge in [-0.2, -0.15) is 0 Å². The van der Waals surface area contributed by atoms with Gasteiger partial charge in [0.1, 0.15) is 6.10 Å². The summed E-state index contributed by atoms with van der Waals surface area (Å²) in [5.74, 6) is 0. The zero-order chi connectivity index (χ0) is 11.5. The molecule has 15 heavy (non-hydrogen) atoms. The van der Waals surface area contributed by atoms with Gasteiger partial charge in [0.2, 0.25) is 0 Å². The average Bonchev–Trinajstić information content (AvgIpc) is 2.66. The van der Waals surface area contributed by atoms with Gasteiger partial charge in [0.15, 0.2) is 0 Å². The van der Waals surface area contributed by atoms with Crippen LogP contribution in [0.2, 0.25) is 0 Å². The highest BCUT2D eigenvalue weighted by molar-refractivity contribution is 7.10. The molecule has 0 amide bonds. The van der Waals surface area contributed by atoms with E-state index in [0.29, 0.717) is 0 Å². The topological polar surface area (TPSA) is 35.2 Å². The van der Waals surface area contributed by atoms with Crippen molar-refractivity contribution in [3.63, 3.8) is 0 Å². The van der Waals surface area contributed by atoms with Crippen LogP contribution in [0.25, 0.3) is 0 Å². The molecule has 0 saturated heterocycles. The Morgan fingerprint density at radius 2 is 2.20 bits per heavy atom. The molecule has 0 saturated carbocycles. The molecule has 0 aromatic carbocycles. The molecule has 0 radical (unpaired) electrons. The Hall–Kier alpha value is -0.380. The minimum atomic E-state index is -0.109.